The van der Waals surface area contributed by atoms with Crippen molar-refractivity contribution in [3.63, 3.8) is 0 Å². The third-order valence-corrected chi connectivity index (χ3v) is 4.62. The molecule has 24 heavy (non-hydrogen) atoms. The number of nitrogens with one attached hydrogen (secondary N) is 1. The van der Waals surface area contributed by atoms with Crippen LogP contribution in [0.15, 0.2) is 48.7 Å². The molecule has 7 heteroatoms. The van der Waals surface area contributed by atoms with E-state index in [0.29, 0.717) is 12.2 Å². The number of hydrogen-bond donors (Lipinski definition) is 1. The van der Waals surface area contributed by atoms with E-state index in [1.807, 2.05) is 31.2 Å². The summed E-state index contributed by atoms with van der Waals surface area (Å²) in [5.74, 6) is -0.349. The van der Waals surface area contributed by atoms with Crippen molar-refractivity contribution < 1.29 is 13.2 Å². The molecule has 0 saturated heterocycles. The lowest BCUT2D eigenvalue weighted by molar-refractivity contribution is -0.121. The maximum absolute atomic E-state index is 12.1. The molecule has 2 rings (SSSR count). The van der Waals surface area contributed by atoms with Crippen LogP contribution in [0.4, 0.5) is 0 Å². The number of benzene rings is 1. The van der Waals surface area contributed by atoms with Crippen LogP contribution in [0.25, 0.3) is 0 Å². The first-order valence-electron chi connectivity index (χ1n) is 7.52. The summed E-state index contributed by atoms with van der Waals surface area (Å²) in [6.07, 6.45) is 2.68. The predicted octanol–water partition coefficient (Wildman–Crippen LogP) is 1.47. The van der Waals surface area contributed by atoms with Crippen molar-refractivity contribution in [3.8, 4) is 0 Å². The monoisotopic (exact) mass is 347 g/mol. The van der Waals surface area contributed by atoms with Crippen LogP contribution in [0.1, 0.15) is 16.8 Å². The average molecular weight is 347 g/mol. The number of aromatic nitrogens is 1. The molecule has 0 bridgehead atoms. The first-order valence-corrected chi connectivity index (χ1v) is 9.37. The van der Waals surface area contributed by atoms with Crippen molar-refractivity contribution in [3.05, 3.63) is 65.5 Å². The summed E-state index contributed by atoms with van der Waals surface area (Å²) in [6, 6.07) is 13.0. The van der Waals surface area contributed by atoms with Gasteiger partial charge in [-0.1, -0.05) is 35.9 Å². The van der Waals surface area contributed by atoms with Crippen LogP contribution < -0.4 is 5.32 Å². The second-order valence-corrected chi connectivity index (χ2v) is 7.60. The number of carbonyl (C=O) groups excluding carboxylic acids is 1. The van der Waals surface area contributed by atoms with Crippen LogP contribution in [-0.2, 0) is 27.9 Å². The van der Waals surface area contributed by atoms with Gasteiger partial charge in [-0.25, -0.2) is 8.42 Å². The first-order chi connectivity index (χ1) is 11.3. The van der Waals surface area contributed by atoms with E-state index in [1.54, 1.807) is 24.4 Å². The highest BCUT2D eigenvalue weighted by molar-refractivity contribution is 7.88. The van der Waals surface area contributed by atoms with E-state index < -0.39 is 10.0 Å². The molecular weight excluding hydrogens is 326 g/mol. The Morgan fingerprint density at radius 3 is 2.62 bits per heavy atom. The fourth-order valence-corrected chi connectivity index (χ4v) is 2.92. The molecule has 0 radical (unpaired) electrons. The van der Waals surface area contributed by atoms with Crippen molar-refractivity contribution >= 4 is 15.9 Å². The van der Waals surface area contributed by atoms with E-state index >= 15 is 0 Å². The van der Waals surface area contributed by atoms with Crippen molar-refractivity contribution in [2.45, 2.75) is 20.0 Å². The minimum Gasteiger partial charge on any atom is -0.351 e. The fraction of sp³-hybridized carbons (Fsp3) is 0.294. The molecule has 0 aliphatic carbocycles. The summed E-state index contributed by atoms with van der Waals surface area (Å²) in [5, 5.41) is 2.75. The molecule has 1 N–H and O–H groups in total. The predicted molar refractivity (Wildman–Crippen MR) is 92.5 cm³/mol. The van der Waals surface area contributed by atoms with Gasteiger partial charge in [0.2, 0.25) is 15.9 Å². The lowest BCUT2D eigenvalue weighted by atomic mass is 10.1. The van der Waals surface area contributed by atoms with E-state index in [9.17, 15) is 13.2 Å². The number of rotatable bonds is 7. The fourth-order valence-electron chi connectivity index (χ4n) is 2.20. The van der Waals surface area contributed by atoms with Gasteiger partial charge >= 0.3 is 0 Å². The molecule has 0 unspecified atom stereocenters. The number of amides is 1. The van der Waals surface area contributed by atoms with Crippen molar-refractivity contribution in [2.24, 2.45) is 0 Å². The molecule has 128 valence electrons. The molecule has 1 amide bonds. The number of aryl methyl sites for hydroxylation is 1. The number of pyridine rings is 1. The van der Waals surface area contributed by atoms with E-state index in [0.717, 1.165) is 21.7 Å². The quantitative estimate of drug-likeness (QED) is 0.822. The lowest BCUT2D eigenvalue weighted by Gasteiger charge is -2.19. The molecule has 0 spiro atoms. The molecule has 1 heterocycles. The first kappa shape index (κ1) is 18.1. The Balaban J connectivity index is 1.97. The second-order valence-electron chi connectivity index (χ2n) is 5.62. The smallest absolute Gasteiger partial charge is 0.235 e. The molecule has 0 atom stereocenters. The molecule has 0 saturated carbocycles. The maximum atomic E-state index is 12.1. The summed E-state index contributed by atoms with van der Waals surface area (Å²) >= 11 is 0. The zero-order valence-corrected chi connectivity index (χ0v) is 14.6. The van der Waals surface area contributed by atoms with Crippen LogP contribution in [-0.4, -0.2) is 36.4 Å². The SMILES string of the molecule is Cc1cccc(CNC(=O)CN(Cc2ccccn2)S(C)(=O)=O)c1. The third kappa shape index (κ3) is 5.75. The summed E-state index contributed by atoms with van der Waals surface area (Å²) in [6.45, 7) is 2.17. The number of hydrogen-bond acceptors (Lipinski definition) is 4. The molecule has 0 aliphatic rings. The summed E-state index contributed by atoms with van der Waals surface area (Å²) < 4.78 is 24.9. The molecule has 6 nitrogen and oxygen atoms in total. The molecule has 1 aromatic carbocycles. The van der Waals surface area contributed by atoms with Gasteiger partial charge < -0.3 is 5.32 Å². The van der Waals surface area contributed by atoms with E-state index in [1.165, 1.54) is 0 Å². The van der Waals surface area contributed by atoms with Gasteiger partial charge in [0.15, 0.2) is 0 Å². The van der Waals surface area contributed by atoms with Crippen molar-refractivity contribution in [1.82, 2.24) is 14.6 Å². The van der Waals surface area contributed by atoms with Crippen LogP contribution in [0, 0.1) is 6.92 Å². The van der Waals surface area contributed by atoms with Crippen LogP contribution in [0.3, 0.4) is 0 Å². The molecule has 0 fully saturated rings. The van der Waals surface area contributed by atoms with E-state index in [4.69, 9.17) is 0 Å². The Labute approximate surface area is 142 Å². The van der Waals surface area contributed by atoms with Crippen LogP contribution >= 0.6 is 0 Å². The van der Waals surface area contributed by atoms with E-state index in [-0.39, 0.29) is 19.0 Å². The van der Waals surface area contributed by atoms with Gasteiger partial charge in [0.25, 0.3) is 0 Å². The molecular formula is C17H21N3O3S. The summed E-state index contributed by atoms with van der Waals surface area (Å²) in [4.78, 5) is 16.2. The van der Waals surface area contributed by atoms with Gasteiger partial charge in [-0.3, -0.25) is 9.78 Å². The van der Waals surface area contributed by atoms with Gasteiger partial charge in [-0.2, -0.15) is 4.31 Å². The van der Waals surface area contributed by atoms with Gasteiger partial charge in [0.05, 0.1) is 25.0 Å². The third-order valence-electron chi connectivity index (χ3n) is 3.43. The zero-order chi connectivity index (χ0) is 17.6. The minimum absolute atomic E-state index is 0.0670. The zero-order valence-electron chi connectivity index (χ0n) is 13.8. The van der Waals surface area contributed by atoms with Crippen LogP contribution in [0.5, 0.6) is 0 Å². The Morgan fingerprint density at radius 1 is 1.21 bits per heavy atom. The highest BCUT2D eigenvalue weighted by Crippen LogP contribution is 2.06. The molecule has 1 aromatic heterocycles. The standard InChI is InChI=1S/C17H21N3O3S/c1-14-6-5-7-15(10-14)11-19-17(21)13-20(24(2,22)23)12-16-8-3-4-9-18-16/h3-10H,11-13H2,1-2H3,(H,19,21). The Morgan fingerprint density at radius 2 is 2.00 bits per heavy atom. The summed E-state index contributed by atoms with van der Waals surface area (Å²) in [5.41, 5.74) is 2.67. The van der Waals surface area contributed by atoms with Crippen molar-refractivity contribution in [1.29, 1.82) is 0 Å². The van der Waals surface area contributed by atoms with Gasteiger partial charge in [0, 0.05) is 12.7 Å². The number of sulfonamides is 1. The van der Waals surface area contributed by atoms with Crippen molar-refractivity contribution in [2.75, 3.05) is 12.8 Å². The largest absolute Gasteiger partial charge is 0.351 e. The maximum Gasteiger partial charge on any atom is 0.235 e. The van der Waals surface area contributed by atoms with Gasteiger partial charge in [0.1, 0.15) is 0 Å². The highest BCUT2D eigenvalue weighted by Gasteiger charge is 2.20. The van der Waals surface area contributed by atoms with E-state index in [2.05, 4.69) is 10.3 Å². The lowest BCUT2D eigenvalue weighted by Crippen LogP contribution is -2.39. The van der Waals surface area contributed by atoms with Gasteiger partial charge in [-0.05, 0) is 24.6 Å². The van der Waals surface area contributed by atoms with Gasteiger partial charge in [-0.15, -0.1) is 0 Å². The minimum atomic E-state index is -3.52. The Hall–Kier alpha value is -2.25. The van der Waals surface area contributed by atoms with Crippen LogP contribution in [0.2, 0.25) is 0 Å². The summed E-state index contributed by atoms with van der Waals surface area (Å²) in [7, 11) is -3.52. The second kappa shape index (κ2) is 8.03. The number of carbonyl (C=O) groups is 1. The molecule has 2 aromatic rings. The highest BCUT2D eigenvalue weighted by atomic mass is 32.2. The Bertz CT molecular complexity index is 792. The average Bonchev–Trinajstić information content (AvgIpc) is 2.52. The number of nitrogens with zero attached hydrogens (tertiary/aromatic N) is 2. The Kier molecular flexibility index (Phi) is 6.05. The topological polar surface area (TPSA) is 79.4 Å². The normalized spacial score (nSPS) is 11.5. The molecule has 0 aliphatic heterocycles.